The summed E-state index contributed by atoms with van der Waals surface area (Å²) >= 11 is 0. The Morgan fingerprint density at radius 3 is 2.86 bits per heavy atom. The van der Waals surface area contributed by atoms with E-state index in [1.807, 2.05) is 25.0 Å². The Labute approximate surface area is 85.7 Å². The SMILES string of the molecule is CCCCCNc1cnn(C)c1NC. The molecule has 0 unspecified atom stereocenters. The van der Waals surface area contributed by atoms with Crippen molar-refractivity contribution in [1.29, 1.82) is 0 Å². The van der Waals surface area contributed by atoms with E-state index in [0.717, 1.165) is 18.1 Å². The Balaban J connectivity index is 2.42. The minimum absolute atomic E-state index is 1.02. The van der Waals surface area contributed by atoms with Gasteiger partial charge < -0.3 is 10.6 Å². The predicted molar refractivity (Wildman–Crippen MR) is 60.8 cm³/mol. The van der Waals surface area contributed by atoms with Gasteiger partial charge in [0, 0.05) is 20.6 Å². The summed E-state index contributed by atoms with van der Waals surface area (Å²) in [6.07, 6.45) is 5.61. The molecule has 0 aliphatic carbocycles. The molecule has 0 saturated heterocycles. The van der Waals surface area contributed by atoms with Crippen molar-refractivity contribution in [2.24, 2.45) is 7.05 Å². The fraction of sp³-hybridized carbons (Fsp3) is 0.700. The van der Waals surface area contributed by atoms with E-state index in [2.05, 4.69) is 22.7 Å². The van der Waals surface area contributed by atoms with Crippen LogP contribution in [0.15, 0.2) is 6.20 Å². The van der Waals surface area contributed by atoms with Crippen LogP contribution in [0.25, 0.3) is 0 Å². The van der Waals surface area contributed by atoms with Crippen molar-refractivity contribution < 1.29 is 0 Å². The van der Waals surface area contributed by atoms with Crippen molar-refractivity contribution in [3.63, 3.8) is 0 Å². The van der Waals surface area contributed by atoms with Crippen molar-refractivity contribution in [3.05, 3.63) is 6.20 Å². The Hall–Kier alpha value is -1.19. The zero-order valence-electron chi connectivity index (χ0n) is 9.30. The van der Waals surface area contributed by atoms with E-state index in [0.29, 0.717) is 0 Å². The molecule has 1 aromatic heterocycles. The van der Waals surface area contributed by atoms with E-state index in [1.54, 1.807) is 0 Å². The van der Waals surface area contributed by atoms with Crippen LogP contribution in [0.5, 0.6) is 0 Å². The van der Waals surface area contributed by atoms with E-state index in [4.69, 9.17) is 0 Å². The molecule has 2 N–H and O–H groups in total. The molecule has 0 radical (unpaired) electrons. The van der Waals surface area contributed by atoms with Crippen LogP contribution >= 0.6 is 0 Å². The van der Waals surface area contributed by atoms with Crippen LogP contribution in [-0.2, 0) is 7.05 Å². The summed E-state index contributed by atoms with van der Waals surface area (Å²) in [6, 6.07) is 0. The number of nitrogens with zero attached hydrogens (tertiary/aromatic N) is 2. The van der Waals surface area contributed by atoms with Crippen LogP contribution in [-0.4, -0.2) is 23.4 Å². The number of nitrogens with one attached hydrogen (secondary N) is 2. The highest BCUT2D eigenvalue weighted by molar-refractivity contribution is 5.63. The molecule has 0 atom stereocenters. The highest BCUT2D eigenvalue weighted by Crippen LogP contribution is 2.19. The molecule has 4 nitrogen and oxygen atoms in total. The number of anilines is 2. The van der Waals surface area contributed by atoms with Crippen LogP contribution in [0, 0.1) is 0 Å². The maximum Gasteiger partial charge on any atom is 0.147 e. The normalized spacial score (nSPS) is 10.2. The summed E-state index contributed by atoms with van der Waals surface area (Å²) in [4.78, 5) is 0. The van der Waals surface area contributed by atoms with E-state index in [9.17, 15) is 0 Å². The fourth-order valence-electron chi connectivity index (χ4n) is 1.46. The third-order valence-electron chi connectivity index (χ3n) is 2.27. The number of hydrogen-bond acceptors (Lipinski definition) is 3. The van der Waals surface area contributed by atoms with E-state index >= 15 is 0 Å². The molecule has 1 aromatic rings. The monoisotopic (exact) mass is 196 g/mol. The Morgan fingerprint density at radius 1 is 1.43 bits per heavy atom. The molecule has 0 fully saturated rings. The summed E-state index contributed by atoms with van der Waals surface area (Å²) in [7, 11) is 3.84. The summed E-state index contributed by atoms with van der Waals surface area (Å²) in [5, 5.41) is 10.7. The molecular formula is C10H20N4. The first kappa shape index (κ1) is 10.9. The predicted octanol–water partition coefficient (Wildman–Crippen LogP) is 2.06. The zero-order chi connectivity index (χ0) is 10.4. The van der Waals surface area contributed by atoms with Crippen molar-refractivity contribution in [2.45, 2.75) is 26.2 Å². The van der Waals surface area contributed by atoms with Crippen molar-refractivity contribution in [2.75, 3.05) is 24.2 Å². The minimum Gasteiger partial charge on any atom is -0.381 e. The molecule has 80 valence electrons. The second-order valence-electron chi connectivity index (χ2n) is 3.41. The van der Waals surface area contributed by atoms with Gasteiger partial charge >= 0.3 is 0 Å². The molecule has 1 heterocycles. The average Bonchev–Trinajstić information content (AvgIpc) is 2.54. The lowest BCUT2D eigenvalue weighted by molar-refractivity contribution is 0.743. The van der Waals surface area contributed by atoms with Crippen molar-refractivity contribution in [3.8, 4) is 0 Å². The Kier molecular flexibility index (Phi) is 4.29. The molecule has 0 aliphatic heterocycles. The number of aryl methyl sites for hydroxylation is 1. The second kappa shape index (κ2) is 5.52. The topological polar surface area (TPSA) is 41.9 Å². The van der Waals surface area contributed by atoms with Gasteiger partial charge in [-0.3, -0.25) is 4.68 Å². The van der Waals surface area contributed by atoms with Crippen LogP contribution < -0.4 is 10.6 Å². The smallest absolute Gasteiger partial charge is 0.147 e. The fourth-order valence-corrected chi connectivity index (χ4v) is 1.46. The molecule has 0 aliphatic rings. The standard InChI is InChI=1S/C10H20N4/c1-4-5-6-7-12-9-8-13-14(3)10(9)11-2/h8,11-12H,4-7H2,1-3H3. The second-order valence-corrected chi connectivity index (χ2v) is 3.41. The lowest BCUT2D eigenvalue weighted by Crippen LogP contribution is -2.05. The largest absolute Gasteiger partial charge is 0.381 e. The molecular weight excluding hydrogens is 176 g/mol. The number of aromatic nitrogens is 2. The number of hydrogen-bond donors (Lipinski definition) is 2. The van der Waals surface area contributed by atoms with Crippen molar-refractivity contribution >= 4 is 11.5 Å². The molecule has 0 amide bonds. The van der Waals surface area contributed by atoms with Gasteiger partial charge in [-0.2, -0.15) is 5.10 Å². The summed E-state index contributed by atoms with van der Waals surface area (Å²) in [6.45, 7) is 3.23. The third kappa shape index (κ3) is 2.65. The van der Waals surface area contributed by atoms with Gasteiger partial charge in [0.2, 0.25) is 0 Å². The van der Waals surface area contributed by atoms with Gasteiger partial charge in [-0.15, -0.1) is 0 Å². The van der Waals surface area contributed by atoms with Gasteiger partial charge in [0.05, 0.1) is 11.9 Å². The summed E-state index contributed by atoms with van der Waals surface area (Å²) < 4.78 is 1.84. The molecule has 4 heteroatoms. The van der Waals surface area contributed by atoms with Gasteiger partial charge in [0.1, 0.15) is 5.82 Å². The van der Waals surface area contributed by atoms with E-state index < -0.39 is 0 Å². The van der Waals surface area contributed by atoms with Gasteiger partial charge in [-0.25, -0.2) is 0 Å². The lowest BCUT2D eigenvalue weighted by Gasteiger charge is -2.07. The Morgan fingerprint density at radius 2 is 2.21 bits per heavy atom. The third-order valence-corrected chi connectivity index (χ3v) is 2.27. The first-order valence-electron chi connectivity index (χ1n) is 5.23. The highest BCUT2D eigenvalue weighted by Gasteiger charge is 2.04. The summed E-state index contributed by atoms with van der Waals surface area (Å²) in [5.41, 5.74) is 1.09. The summed E-state index contributed by atoms with van der Waals surface area (Å²) in [5.74, 6) is 1.04. The Bertz CT molecular complexity index is 267. The lowest BCUT2D eigenvalue weighted by atomic mass is 10.2. The van der Waals surface area contributed by atoms with Crippen molar-refractivity contribution in [1.82, 2.24) is 9.78 Å². The van der Waals surface area contributed by atoms with Gasteiger partial charge in [-0.1, -0.05) is 19.8 Å². The first-order valence-corrected chi connectivity index (χ1v) is 5.23. The zero-order valence-corrected chi connectivity index (χ0v) is 9.30. The van der Waals surface area contributed by atoms with Crippen LogP contribution in [0.4, 0.5) is 11.5 Å². The van der Waals surface area contributed by atoms with Gasteiger partial charge in [0.15, 0.2) is 0 Å². The molecule has 0 aromatic carbocycles. The average molecular weight is 196 g/mol. The van der Waals surface area contributed by atoms with Crippen LogP contribution in [0.2, 0.25) is 0 Å². The van der Waals surface area contributed by atoms with Crippen LogP contribution in [0.3, 0.4) is 0 Å². The van der Waals surface area contributed by atoms with Crippen LogP contribution in [0.1, 0.15) is 26.2 Å². The quantitative estimate of drug-likeness (QED) is 0.684. The minimum atomic E-state index is 1.02. The highest BCUT2D eigenvalue weighted by atomic mass is 15.3. The first-order chi connectivity index (χ1) is 6.79. The van der Waals surface area contributed by atoms with E-state index in [-0.39, 0.29) is 0 Å². The number of unbranched alkanes of at least 4 members (excludes halogenated alkanes) is 2. The maximum absolute atomic E-state index is 4.18. The maximum atomic E-state index is 4.18. The van der Waals surface area contributed by atoms with Gasteiger partial charge in [0.25, 0.3) is 0 Å². The molecule has 0 bridgehead atoms. The molecule has 1 rings (SSSR count). The van der Waals surface area contributed by atoms with E-state index in [1.165, 1.54) is 19.3 Å². The van der Waals surface area contributed by atoms with Gasteiger partial charge in [-0.05, 0) is 6.42 Å². The molecule has 0 spiro atoms. The molecule has 0 saturated carbocycles. The molecule has 14 heavy (non-hydrogen) atoms. The number of rotatable bonds is 6.